The molecule has 0 bridgehead atoms. The van der Waals surface area contributed by atoms with Crippen molar-refractivity contribution >= 4 is 11.6 Å². The number of nitrogens with zero attached hydrogens (tertiary/aromatic N) is 1. The highest BCUT2D eigenvalue weighted by Gasteiger charge is 2.17. The lowest BCUT2D eigenvalue weighted by molar-refractivity contribution is 0.220. The first kappa shape index (κ1) is 11.7. The van der Waals surface area contributed by atoms with Crippen molar-refractivity contribution in [1.29, 1.82) is 0 Å². The summed E-state index contributed by atoms with van der Waals surface area (Å²) in [6.45, 7) is 3.14. The summed E-state index contributed by atoms with van der Waals surface area (Å²) in [5, 5.41) is 0.369. The number of hydrogen-bond donors (Lipinski definition) is 0. The summed E-state index contributed by atoms with van der Waals surface area (Å²) in [5.74, 6) is 0.982. The molecule has 0 spiro atoms. The number of benzene rings is 1. The Balaban J connectivity index is 1.98. The Labute approximate surface area is 102 Å². The van der Waals surface area contributed by atoms with E-state index in [-0.39, 0.29) is 0 Å². The van der Waals surface area contributed by atoms with Crippen LogP contribution in [0.5, 0.6) is 5.75 Å². The maximum Gasteiger partial charge on any atom is 0.123 e. The lowest BCUT2D eigenvalue weighted by atomic mass is 10.1. The predicted octanol–water partition coefficient (Wildman–Crippen LogP) is 2.90. The molecule has 0 saturated carbocycles. The van der Waals surface area contributed by atoms with E-state index in [1.165, 1.54) is 5.56 Å². The molecule has 0 radical (unpaired) electrons. The molecular weight excluding hydrogens is 222 g/mol. The molecule has 0 atom stereocenters. The summed E-state index contributed by atoms with van der Waals surface area (Å²) < 4.78 is 5.36. The van der Waals surface area contributed by atoms with Crippen molar-refractivity contribution in [2.24, 2.45) is 0 Å². The average Bonchev–Trinajstić information content (AvgIpc) is 2.33. The third-order valence-corrected chi connectivity index (χ3v) is 3.54. The summed E-state index contributed by atoms with van der Waals surface area (Å²) in [7, 11) is 1.73. The molecule has 1 aliphatic heterocycles. The van der Waals surface area contributed by atoms with E-state index in [9.17, 15) is 0 Å². The SMILES string of the molecule is COc1ccccc1CN1CCC(Cl)CC1. The smallest absolute Gasteiger partial charge is 0.123 e. The maximum absolute atomic E-state index is 6.09. The minimum Gasteiger partial charge on any atom is -0.496 e. The van der Waals surface area contributed by atoms with Crippen LogP contribution in [-0.4, -0.2) is 30.5 Å². The molecule has 1 aliphatic rings. The molecule has 1 saturated heterocycles. The molecule has 0 aromatic heterocycles. The zero-order chi connectivity index (χ0) is 11.4. The topological polar surface area (TPSA) is 12.5 Å². The van der Waals surface area contributed by atoms with Gasteiger partial charge in [0.2, 0.25) is 0 Å². The monoisotopic (exact) mass is 239 g/mol. The van der Waals surface area contributed by atoms with Gasteiger partial charge in [0.15, 0.2) is 0 Å². The van der Waals surface area contributed by atoms with Gasteiger partial charge in [-0.2, -0.15) is 0 Å². The van der Waals surface area contributed by atoms with E-state index in [1.807, 2.05) is 12.1 Å². The number of alkyl halides is 1. The van der Waals surface area contributed by atoms with Crippen molar-refractivity contribution in [3.05, 3.63) is 29.8 Å². The van der Waals surface area contributed by atoms with Gasteiger partial charge < -0.3 is 4.74 Å². The molecule has 1 heterocycles. The highest BCUT2D eigenvalue weighted by atomic mass is 35.5. The molecule has 1 aromatic carbocycles. The van der Waals surface area contributed by atoms with Crippen molar-refractivity contribution in [2.45, 2.75) is 24.8 Å². The number of rotatable bonds is 3. The highest BCUT2D eigenvalue weighted by Crippen LogP contribution is 2.22. The van der Waals surface area contributed by atoms with Crippen molar-refractivity contribution in [2.75, 3.05) is 20.2 Å². The molecular formula is C13H18ClNO. The molecule has 88 valence electrons. The summed E-state index contributed by atoms with van der Waals surface area (Å²) in [5.41, 5.74) is 1.26. The second-order valence-electron chi connectivity index (χ2n) is 4.26. The lowest BCUT2D eigenvalue weighted by Gasteiger charge is -2.29. The van der Waals surface area contributed by atoms with E-state index in [0.29, 0.717) is 5.38 Å². The molecule has 2 nitrogen and oxygen atoms in total. The van der Waals surface area contributed by atoms with Crippen LogP contribution in [0, 0.1) is 0 Å². The minimum atomic E-state index is 0.369. The number of likely N-dealkylation sites (tertiary alicyclic amines) is 1. The van der Waals surface area contributed by atoms with Crippen LogP contribution < -0.4 is 4.74 Å². The van der Waals surface area contributed by atoms with Crippen LogP contribution >= 0.6 is 11.6 Å². The van der Waals surface area contributed by atoms with Gasteiger partial charge in [0.05, 0.1) is 7.11 Å². The summed E-state index contributed by atoms with van der Waals surface area (Å²) >= 11 is 6.09. The van der Waals surface area contributed by atoms with Crippen molar-refractivity contribution in [3.8, 4) is 5.75 Å². The van der Waals surface area contributed by atoms with E-state index in [1.54, 1.807) is 7.11 Å². The Kier molecular flexibility index (Phi) is 4.08. The normalized spacial score (nSPS) is 18.6. The quantitative estimate of drug-likeness (QED) is 0.753. The van der Waals surface area contributed by atoms with Gasteiger partial charge >= 0.3 is 0 Å². The second kappa shape index (κ2) is 5.55. The first-order chi connectivity index (χ1) is 7.79. The summed E-state index contributed by atoms with van der Waals surface area (Å²) in [6, 6.07) is 8.22. The van der Waals surface area contributed by atoms with E-state index in [2.05, 4.69) is 17.0 Å². The van der Waals surface area contributed by atoms with Gasteiger partial charge in [0.1, 0.15) is 5.75 Å². The Hall–Kier alpha value is -0.730. The summed E-state index contributed by atoms with van der Waals surface area (Å²) in [6.07, 6.45) is 2.19. The number of hydrogen-bond acceptors (Lipinski definition) is 2. The predicted molar refractivity (Wildman–Crippen MR) is 67.1 cm³/mol. The molecule has 0 amide bonds. The molecule has 1 fully saturated rings. The van der Waals surface area contributed by atoms with E-state index >= 15 is 0 Å². The molecule has 0 N–H and O–H groups in total. The average molecular weight is 240 g/mol. The Morgan fingerprint density at radius 2 is 2.00 bits per heavy atom. The van der Waals surface area contributed by atoms with Crippen LogP contribution in [0.15, 0.2) is 24.3 Å². The molecule has 3 heteroatoms. The van der Waals surface area contributed by atoms with Gasteiger partial charge in [0, 0.05) is 17.5 Å². The van der Waals surface area contributed by atoms with Crippen LogP contribution in [-0.2, 0) is 6.54 Å². The van der Waals surface area contributed by atoms with Crippen molar-refractivity contribution < 1.29 is 4.74 Å². The van der Waals surface area contributed by atoms with Crippen LogP contribution in [0.3, 0.4) is 0 Å². The standard InChI is InChI=1S/C13H18ClNO/c1-16-13-5-3-2-4-11(13)10-15-8-6-12(14)7-9-15/h2-5,12H,6-10H2,1H3. The fourth-order valence-electron chi connectivity index (χ4n) is 2.13. The number of methoxy groups -OCH3 is 1. The number of halogens is 1. The number of ether oxygens (including phenoxy) is 1. The molecule has 2 rings (SSSR count). The second-order valence-corrected chi connectivity index (χ2v) is 4.88. The Bertz CT molecular complexity index is 334. The van der Waals surface area contributed by atoms with Gasteiger partial charge in [-0.05, 0) is 32.0 Å². The van der Waals surface area contributed by atoms with Crippen molar-refractivity contribution in [3.63, 3.8) is 0 Å². The largest absolute Gasteiger partial charge is 0.496 e. The number of piperidine rings is 1. The fourth-order valence-corrected chi connectivity index (χ4v) is 2.33. The van der Waals surface area contributed by atoms with Gasteiger partial charge in [0.25, 0.3) is 0 Å². The fraction of sp³-hybridized carbons (Fsp3) is 0.538. The third kappa shape index (κ3) is 2.89. The van der Waals surface area contributed by atoms with E-state index < -0.39 is 0 Å². The Morgan fingerprint density at radius 1 is 1.31 bits per heavy atom. The van der Waals surface area contributed by atoms with Crippen LogP contribution in [0.1, 0.15) is 18.4 Å². The lowest BCUT2D eigenvalue weighted by Crippen LogP contribution is -2.33. The maximum atomic E-state index is 6.09. The number of para-hydroxylation sites is 1. The zero-order valence-corrected chi connectivity index (χ0v) is 10.4. The molecule has 0 aliphatic carbocycles. The summed E-state index contributed by atoms with van der Waals surface area (Å²) in [4.78, 5) is 2.44. The first-order valence-electron chi connectivity index (χ1n) is 5.78. The minimum absolute atomic E-state index is 0.369. The van der Waals surface area contributed by atoms with Crippen LogP contribution in [0.2, 0.25) is 0 Å². The molecule has 1 aromatic rings. The van der Waals surface area contributed by atoms with Gasteiger partial charge in [-0.3, -0.25) is 4.90 Å². The zero-order valence-electron chi connectivity index (χ0n) is 9.66. The van der Waals surface area contributed by atoms with E-state index in [4.69, 9.17) is 16.3 Å². The van der Waals surface area contributed by atoms with Gasteiger partial charge in [-0.15, -0.1) is 11.6 Å². The van der Waals surface area contributed by atoms with Crippen molar-refractivity contribution in [1.82, 2.24) is 4.90 Å². The molecule has 16 heavy (non-hydrogen) atoms. The van der Waals surface area contributed by atoms with Crippen LogP contribution in [0.25, 0.3) is 0 Å². The first-order valence-corrected chi connectivity index (χ1v) is 6.21. The van der Waals surface area contributed by atoms with Gasteiger partial charge in [-0.1, -0.05) is 18.2 Å². The Morgan fingerprint density at radius 3 is 2.69 bits per heavy atom. The van der Waals surface area contributed by atoms with Gasteiger partial charge in [-0.25, -0.2) is 0 Å². The third-order valence-electron chi connectivity index (χ3n) is 3.10. The van der Waals surface area contributed by atoms with E-state index in [0.717, 1.165) is 38.2 Å². The molecule has 0 unspecified atom stereocenters. The highest BCUT2D eigenvalue weighted by molar-refractivity contribution is 6.20. The van der Waals surface area contributed by atoms with Crippen LogP contribution in [0.4, 0.5) is 0 Å².